The lowest BCUT2D eigenvalue weighted by molar-refractivity contribution is -0.137. The predicted molar refractivity (Wildman–Crippen MR) is 143 cm³/mol. The smallest absolute Gasteiger partial charge is 0.261 e. The van der Waals surface area contributed by atoms with Crippen molar-refractivity contribution in [3.8, 4) is 11.4 Å². The zero-order valence-electron chi connectivity index (χ0n) is 20.5. The molecule has 2 heterocycles. The number of benzene rings is 3. The van der Waals surface area contributed by atoms with Gasteiger partial charge in [-0.25, -0.2) is 4.39 Å². The molecule has 0 spiro atoms. The molecule has 6 rings (SSSR count). The minimum atomic E-state index is -0.477. The molecule has 1 fully saturated rings. The van der Waals surface area contributed by atoms with E-state index in [2.05, 4.69) is 4.57 Å². The Kier molecular flexibility index (Phi) is 6.37. The van der Waals surface area contributed by atoms with Crippen LogP contribution in [0.15, 0.2) is 91.1 Å². The van der Waals surface area contributed by atoms with Crippen molar-refractivity contribution in [2.45, 2.75) is 24.9 Å². The molecule has 0 N–H and O–H groups in total. The molecule has 0 saturated heterocycles. The summed E-state index contributed by atoms with van der Waals surface area (Å²) in [5.74, 6) is -0.273. The number of rotatable bonds is 7. The van der Waals surface area contributed by atoms with E-state index >= 15 is 0 Å². The van der Waals surface area contributed by atoms with Gasteiger partial charge in [0, 0.05) is 17.3 Å². The summed E-state index contributed by atoms with van der Waals surface area (Å²) >= 11 is 5.94. The van der Waals surface area contributed by atoms with Crippen LogP contribution in [-0.4, -0.2) is 40.5 Å². The van der Waals surface area contributed by atoms with Crippen molar-refractivity contribution in [2.75, 3.05) is 18.1 Å². The fraction of sp³-hybridized carbons (Fsp3) is 0.200. The summed E-state index contributed by atoms with van der Waals surface area (Å²) in [5, 5.41) is 0.581. The van der Waals surface area contributed by atoms with Crippen molar-refractivity contribution in [2.24, 2.45) is 0 Å². The minimum absolute atomic E-state index is 0.00781. The molecule has 2 aliphatic rings. The maximum absolute atomic E-state index is 14.1. The minimum Gasteiger partial charge on any atom is -0.484 e. The van der Waals surface area contributed by atoms with Gasteiger partial charge in [-0.2, -0.15) is 0 Å². The highest BCUT2D eigenvalue weighted by molar-refractivity contribution is 6.30. The topological polar surface area (TPSA) is 54.8 Å². The summed E-state index contributed by atoms with van der Waals surface area (Å²) in [6.07, 6.45) is 3.65. The highest BCUT2D eigenvalue weighted by Gasteiger charge is 2.40. The molecular weight excluding hydrogens is 505 g/mol. The molecule has 192 valence electrons. The number of fused-ring (bicyclic) bond motifs is 3. The summed E-state index contributed by atoms with van der Waals surface area (Å²) in [6.45, 7) is -0.257. The second-order valence-corrected chi connectivity index (χ2v) is 9.94. The van der Waals surface area contributed by atoms with Gasteiger partial charge in [-0.15, -0.1) is 0 Å². The number of anilines is 1. The average molecular weight is 530 g/mol. The van der Waals surface area contributed by atoms with Gasteiger partial charge in [0.15, 0.2) is 6.61 Å². The third kappa shape index (κ3) is 4.65. The number of hydrogen-bond acceptors (Lipinski definition) is 3. The fourth-order valence-electron chi connectivity index (χ4n) is 5.01. The lowest BCUT2D eigenvalue weighted by atomic mass is 9.97. The summed E-state index contributed by atoms with van der Waals surface area (Å²) in [5.41, 5.74) is 3.27. The molecule has 4 aromatic rings. The molecule has 0 bridgehead atoms. The van der Waals surface area contributed by atoms with Crippen LogP contribution in [-0.2, 0) is 9.59 Å². The van der Waals surface area contributed by atoms with E-state index in [0.717, 1.165) is 35.5 Å². The van der Waals surface area contributed by atoms with E-state index in [1.165, 1.54) is 12.1 Å². The number of carbonyl (C=O) groups excluding carboxylic acids is 2. The van der Waals surface area contributed by atoms with Gasteiger partial charge in [-0.3, -0.25) is 14.5 Å². The molecule has 1 aromatic heterocycles. The van der Waals surface area contributed by atoms with Crippen molar-refractivity contribution in [1.29, 1.82) is 0 Å². The summed E-state index contributed by atoms with van der Waals surface area (Å²) < 4.78 is 21.5. The van der Waals surface area contributed by atoms with E-state index in [4.69, 9.17) is 16.3 Å². The zero-order valence-corrected chi connectivity index (χ0v) is 21.2. The fourth-order valence-corrected chi connectivity index (χ4v) is 5.14. The zero-order chi connectivity index (χ0) is 26.2. The Morgan fingerprint density at radius 2 is 1.63 bits per heavy atom. The normalized spacial score (nSPS) is 15.9. The average Bonchev–Trinajstić information content (AvgIpc) is 3.66. The number of aromatic nitrogens is 1. The predicted octanol–water partition coefficient (Wildman–Crippen LogP) is 5.78. The highest BCUT2D eigenvalue weighted by Crippen LogP contribution is 2.42. The van der Waals surface area contributed by atoms with Gasteiger partial charge in [0.2, 0.25) is 5.91 Å². The molecule has 1 aliphatic heterocycles. The third-order valence-electron chi connectivity index (χ3n) is 6.96. The number of hydrogen-bond donors (Lipinski definition) is 0. The van der Waals surface area contributed by atoms with Gasteiger partial charge in [-0.1, -0.05) is 35.9 Å². The van der Waals surface area contributed by atoms with Crippen LogP contribution in [0.5, 0.6) is 5.75 Å². The van der Waals surface area contributed by atoms with Gasteiger partial charge in [0.25, 0.3) is 5.91 Å². The Balaban J connectivity index is 1.30. The monoisotopic (exact) mass is 529 g/mol. The highest BCUT2D eigenvalue weighted by atomic mass is 35.5. The van der Waals surface area contributed by atoms with Crippen LogP contribution in [0.3, 0.4) is 0 Å². The molecule has 1 atom stereocenters. The number of halogens is 2. The van der Waals surface area contributed by atoms with Crippen molar-refractivity contribution in [3.05, 3.63) is 113 Å². The van der Waals surface area contributed by atoms with Crippen LogP contribution in [0.4, 0.5) is 10.1 Å². The second kappa shape index (κ2) is 9.99. The molecule has 8 heteroatoms. The van der Waals surface area contributed by atoms with Gasteiger partial charge in [0.05, 0.1) is 17.1 Å². The van der Waals surface area contributed by atoms with Crippen LogP contribution < -0.4 is 9.64 Å². The molecular formula is C30H25ClFN3O3. The third-order valence-corrected chi connectivity index (χ3v) is 7.22. The second-order valence-electron chi connectivity index (χ2n) is 9.51. The standard InChI is InChI=1S/C30H25ClFN3O3/c31-21-9-15-24(16-10-21)38-19-29(37)34(23-13-14-23)18-28(36)35-26-5-2-1-4-25(26)33-17-3-6-27(33)30(35)20-7-11-22(32)12-8-20/h1-12,15-17,23,30H,13-14,18-19H2. The van der Waals surface area contributed by atoms with E-state index in [0.29, 0.717) is 10.8 Å². The first-order valence-corrected chi connectivity index (χ1v) is 12.9. The first-order chi connectivity index (χ1) is 18.5. The lowest BCUT2D eigenvalue weighted by Crippen LogP contribution is -2.48. The van der Waals surface area contributed by atoms with Crippen LogP contribution in [0.1, 0.15) is 30.1 Å². The number of nitrogens with zero attached hydrogens (tertiary/aromatic N) is 3. The van der Waals surface area contributed by atoms with Crippen molar-refractivity contribution < 1.29 is 18.7 Å². The molecule has 1 aliphatic carbocycles. The van der Waals surface area contributed by atoms with Crippen molar-refractivity contribution in [1.82, 2.24) is 9.47 Å². The van der Waals surface area contributed by atoms with Gasteiger partial charge in [-0.05, 0) is 79.1 Å². The molecule has 3 aromatic carbocycles. The maximum Gasteiger partial charge on any atom is 0.261 e. The molecule has 1 saturated carbocycles. The molecule has 38 heavy (non-hydrogen) atoms. The van der Waals surface area contributed by atoms with E-state index in [1.54, 1.807) is 46.2 Å². The molecule has 6 nitrogen and oxygen atoms in total. The Morgan fingerprint density at radius 3 is 2.34 bits per heavy atom. The molecule has 1 unspecified atom stereocenters. The number of ether oxygens (including phenoxy) is 1. The lowest BCUT2D eigenvalue weighted by Gasteiger charge is -2.39. The summed E-state index contributed by atoms with van der Waals surface area (Å²) in [4.78, 5) is 30.7. The van der Waals surface area contributed by atoms with E-state index in [1.807, 2.05) is 42.6 Å². The van der Waals surface area contributed by atoms with Crippen LogP contribution in [0, 0.1) is 5.82 Å². The van der Waals surface area contributed by atoms with Gasteiger partial charge < -0.3 is 14.2 Å². The largest absolute Gasteiger partial charge is 0.484 e. The Hall–Kier alpha value is -4.10. The van der Waals surface area contributed by atoms with Crippen molar-refractivity contribution >= 4 is 29.1 Å². The first kappa shape index (κ1) is 24.2. The Morgan fingerprint density at radius 1 is 0.921 bits per heavy atom. The summed E-state index contributed by atoms with van der Waals surface area (Å²) in [7, 11) is 0. The number of para-hydroxylation sites is 2. The maximum atomic E-state index is 14.1. The molecule has 0 radical (unpaired) electrons. The van der Waals surface area contributed by atoms with Crippen LogP contribution in [0.25, 0.3) is 5.69 Å². The number of carbonyl (C=O) groups is 2. The molecule has 2 amide bonds. The van der Waals surface area contributed by atoms with E-state index < -0.39 is 6.04 Å². The van der Waals surface area contributed by atoms with E-state index in [-0.39, 0.29) is 36.8 Å². The Labute approximate surface area is 224 Å². The van der Waals surface area contributed by atoms with Crippen LogP contribution in [0.2, 0.25) is 5.02 Å². The van der Waals surface area contributed by atoms with Crippen molar-refractivity contribution in [3.63, 3.8) is 0 Å². The van der Waals surface area contributed by atoms with Gasteiger partial charge >= 0.3 is 0 Å². The SMILES string of the molecule is O=C(COc1ccc(Cl)cc1)N(CC(=O)N1c2ccccc2-n2cccc2C1c1ccc(F)cc1)C1CC1. The van der Waals surface area contributed by atoms with Crippen LogP contribution >= 0.6 is 11.6 Å². The first-order valence-electron chi connectivity index (χ1n) is 12.5. The Bertz CT molecular complexity index is 1480. The number of amides is 2. The van der Waals surface area contributed by atoms with E-state index in [9.17, 15) is 14.0 Å². The quantitative estimate of drug-likeness (QED) is 0.305. The van der Waals surface area contributed by atoms with Gasteiger partial charge in [0.1, 0.15) is 24.2 Å². The summed E-state index contributed by atoms with van der Waals surface area (Å²) in [6, 6.07) is 24.1.